The van der Waals surface area contributed by atoms with E-state index < -0.39 is 0 Å². The average Bonchev–Trinajstić information content (AvgIpc) is 3.37. The molecule has 3 fully saturated rings. The normalized spacial score (nSPS) is 29.8. The van der Waals surface area contributed by atoms with Crippen LogP contribution in [0, 0.1) is 23.7 Å². The quantitative estimate of drug-likeness (QED) is 0.702. The van der Waals surface area contributed by atoms with Gasteiger partial charge in [0.05, 0.1) is 25.0 Å². The van der Waals surface area contributed by atoms with Crippen LogP contribution >= 0.6 is 0 Å². The predicted molar refractivity (Wildman–Crippen MR) is 72.8 cm³/mol. The molecule has 3 aliphatic carbocycles. The van der Waals surface area contributed by atoms with Crippen LogP contribution in [0.25, 0.3) is 0 Å². The number of ether oxygens (including phenoxy) is 2. The highest BCUT2D eigenvalue weighted by atomic mass is 16.5. The van der Waals surface area contributed by atoms with Gasteiger partial charge in [-0.25, -0.2) is 0 Å². The minimum atomic E-state index is -0.0540. The van der Waals surface area contributed by atoms with E-state index in [4.69, 9.17) is 9.47 Å². The van der Waals surface area contributed by atoms with Crippen molar-refractivity contribution in [1.82, 2.24) is 0 Å². The van der Waals surface area contributed by atoms with Gasteiger partial charge in [-0.3, -0.25) is 9.59 Å². The Labute approximate surface area is 120 Å². The molecule has 0 aromatic rings. The molecule has 0 amide bonds. The topological polar surface area (TPSA) is 52.6 Å². The van der Waals surface area contributed by atoms with Crippen LogP contribution in [0.2, 0.25) is 0 Å². The molecule has 0 aromatic heterocycles. The molecule has 0 aliphatic heterocycles. The fourth-order valence-electron chi connectivity index (χ4n) is 2.77. The van der Waals surface area contributed by atoms with E-state index in [-0.39, 0.29) is 23.8 Å². The summed E-state index contributed by atoms with van der Waals surface area (Å²) in [6.07, 6.45) is 7.89. The van der Waals surface area contributed by atoms with Gasteiger partial charge in [-0.2, -0.15) is 0 Å². The maximum absolute atomic E-state index is 11.9. The lowest BCUT2D eigenvalue weighted by molar-refractivity contribution is -0.155. The summed E-state index contributed by atoms with van der Waals surface area (Å²) in [7, 11) is 0. The van der Waals surface area contributed by atoms with Crippen molar-refractivity contribution in [2.45, 2.75) is 51.4 Å². The molecule has 3 saturated carbocycles. The summed E-state index contributed by atoms with van der Waals surface area (Å²) in [5, 5.41) is 0. The fourth-order valence-corrected chi connectivity index (χ4v) is 2.77. The minimum absolute atomic E-state index is 0.00114. The van der Waals surface area contributed by atoms with E-state index in [0.717, 1.165) is 25.7 Å². The lowest BCUT2D eigenvalue weighted by Gasteiger charge is -2.26. The van der Waals surface area contributed by atoms with Crippen molar-refractivity contribution < 1.29 is 19.1 Å². The van der Waals surface area contributed by atoms with E-state index in [1.54, 1.807) is 0 Å². The third-order valence-electron chi connectivity index (χ3n) is 4.71. The van der Waals surface area contributed by atoms with Gasteiger partial charge >= 0.3 is 11.9 Å². The van der Waals surface area contributed by atoms with Crippen LogP contribution < -0.4 is 0 Å². The van der Waals surface area contributed by atoms with Gasteiger partial charge < -0.3 is 9.47 Å². The molecule has 20 heavy (non-hydrogen) atoms. The van der Waals surface area contributed by atoms with Crippen LogP contribution in [0.3, 0.4) is 0 Å². The smallest absolute Gasteiger partial charge is 0.308 e. The van der Waals surface area contributed by atoms with Gasteiger partial charge in [-0.15, -0.1) is 0 Å². The molecular formula is C16H24O4. The Morgan fingerprint density at radius 2 is 1.00 bits per heavy atom. The van der Waals surface area contributed by atoms with Crippen LogP contribution in [-0.4, -0.2) is 25.2 Å². The minimum Gasteiger partial charge on any atom is -0.465 e. The van der Waals surface area contributed by atoms with Crippen molar-refractivity contribution in [3.63, 3.8) is 0 Å². The van der Waals surface area contributed by atoms with E-state index in [1.165, 1.54) is 25.7 Å². The highest BCUT2D eigenvalue weighted by Crippen LogP contribution is 2.33. The first-order valence-electron chi connectivity index (χ1n) is 8.05. The van der Waals surface area contributed by atoms with Crippen molar-refractivity contribution in [2.75, 3.05) is 13.2 Å². The molecule has 3 rings (SSSR count). The second kappa shape index (κ2) is 6.15. The summed E-state index contributed by atoms with van der Waals surface area (Å²) in [6.45, 7) is 1.20. The van der Waals surface area contributed by atoms with E-state index >= 15 is 0 Å². The van der Waals surface area contributed by atoms with E-state index in [0.29, 0.717) is 25.0 Å². The lowest BCUT2D eigenvalue weighted by atomic mass is 9.82. The number of rotatable bonds is 6. The molecule has 0 aromatic carbocycles. The molecule has 0 heterocycles. The predicted octanol–water partition coefficient (Wildman–Crippen LogP) is 2.70. The Kier molecular flexibility index (Phi) is 4.27. The van der Waals surface area contributed by atoms with Crippen molar-refractivity contribution in [3.8, 4) is 0 Å². The summed E-state index contributed by atoms with van der Waals surface area (Å²) in [6, 6.07) is 0. The first kappa shape index (κ1) is 13.9. The number of esters is 2. The summed E-state index contributed by atoms with van der Waals surface area (Å²) >= 11 is 0. The SMILES string of the molecule is O=C(OCC1CC1)C1CCC(C(=O)OCC2CC2)CC1. The van der Waals surface area contributed by atoms with Crippen molar-refractivity contribution in [2.24, 2.45) is 23.7 Å². The Morgan fingerprint density at radius 3 is 1.30 bits per heavy atom. The molecule has 3 aliphatic rings. The fraction of sp³-hybridized carbons (Fsp3) is 0.875. The van der Waals surface area contributed by atoms with Gasteiger partial charge in [0, 0.05) is 0 Å². The third-order valence-corrected chi connectivity index (χ3v) is 4.71. The third kappa shape index (κ3) is 3.97. The van der Waals surface area contributed by atoms with Gasteiger partial charge in [0.15, 0.2) is 0 Å². The van der Waals surface area contributed by atoms with Crippen LogP contribution in [0.1, 0.15) is 51.4 Å². The summed E-state index contributed by atoms with van der Waals surface area (Å²) < 4.78 is 10.7. The molecule has 4 heteroatoms. The van der Waals surface area contributed by atoms with Gasteiger partial charge in [0.25, 0.3) is 0 Å². The Balaban J connectivity index is 1.34. The second-order valence-corrected chi connectivity index (χ2v) is 6.70. The molecule has 0 unspecified atom stereocenters. The summed E-state index contributed by atoms with van der Waals surface area (Å²) in [5.41, 5.74) is 0. The van der Waals surface area contributed by atoms with Crippen LogP contribution in [0.15, 0.2) is 0 Å². The lowest BCUT2D eigenvalue weighted by Crippen LogP contribution is -2.28. The molecule has 0 saturated heterocycles. The molecule has 4 nitrogen and oxygen atoms in total. The zero-order valence-electron chi connectivity index (χ0n) is 12.0. The first-order valence-corrected chi connectivity index (χ1v) is 8.05. The number of hydrogen-bond acceptors (Lipinski definition) is 4. The number of hydrogen-bond donors (Lipinski definition) is 0. The molecule has 0 spiro atoms. The molecule has 112 valence electrons. The second-order valence-electron chi connectivity index (χ2n) is 6.70. The monoisotopic (exact) mass is 280 g/mol. The standard InChI is InChI=1S/C16H24O4/c17-15(19-9-11-1-2-11)13-5-7-14(8-6-13)16(18)20-10-12-3-4-12/h11-14H,1-10H2. The molecular weight excluding hydrogens is 256 g/mol. The first-order chi connectivity index (χ1) is 9.72. The van der Waals surface area contributed by atoms with Crippen LogP contribution in [-0.2, 0) is 19.1 Å². The van der Waals surface area contributed by atoms with Gasteiger partial charge in [-0.05, 0) is 63.2 Å². The van der Waals surface area contributed by atoms with Gasteiger partial charge in [0.1, 0.15) is 0 Å². The molecule has 0 N–H and O–H groups in total. The van der Waals surface area contributed by atoms with E-state index in [9.17, 15) is 9.59 Å². The van der Waals surface area contributed by atoms with E-state index in [1.807, 2.05) is 0 Å². The molecule has 0 bridgehead atoms. The highest BCUT2D eigenvalue weighted by molar-refractivity contribution is 5.75. The average molecular weight is 280 g/mol. The zero-order chi connectivity index (χ0) is 13.9. The van der Waals surface area contributed by atoms with Gasteiger partial charge in [-0.1, -0.05) is 0 Å². The summed E-state index contributed by atoms with van der Waals surface area (Å²) in [4.78, 5) is 23.8. The maximum Gasteiger partial charge on any atom is 0.308 e. The maximum atomic E-state index is 11.9. The Hall–Kier alpha value is -1.06. The summed E-state index contributed by atoms with van der Waals surface area (Å²) in [5.74, 6) is 1.13. The van der Waals surface area contributed by atoms with Gasteiger partial charge in [0.2, 0.25) is 0 Å². The van der Waals surface area contributed by atoms with E-state index in [2.05, 4.69) is 0 Å². The van der Waals surface area contributed by atoms with Crippen molar-refractivity contribution >= 4 is 11.9 Å². The Morgan fingerprint density at radius 1 is 0.650 bits per heavy atom. The Bertz CT molecular complexity index is 327. The van der Waals surface area contributed by atoms with Crippen molar-refractivity contribution in [1.29, 1.82) is 0 Å². The molecule has 0 radical (unpaired) electrons. The molecule has 0 atom stereocenters. The zero-order valence-corrected chi connectivity index (χ0v) is 12.0. The van der Waals surface area contributed by atoms with Crippen LogP contribution in [0.4, 0.5) is 0 Å². The van der Waals surface area contributed by atoms with Crippen LogP contribution in [0.5, 0.6) is 0 Å². The number of carbonyl (C=O) groups is 2. The number of carbonyl (C=O) groups excluding carboxylic acids is 2. The van der Waals surface area contributed by atoms with Crippen molar-refractivity contribution in [3.05, 3.63) is 0 Å². The highest BCUT2D eigenvalue weighted by Gasteiger charge is 2.33. The largest absolute Gasteiger partial charge is 0.465 e.